The van der Waals surface area contributed by atoms with Crippen molar-refractivity contribution in [2.24, 2.45) is 0 Å². The van der Waals surface area contributed by atoms with E-state index >= 15 is 0 Å². The molecule has 1 amide bonds. The molecule has 21 heavy (non-hydrogen) atoms. The van der Waals surface area contributed by atoms with Crippen molar-refractivity contribution in [3.8, 4) is 0 Å². The summed E-state index contributed by atoms with van der Waals surface area (Å²) >= 11 is 0. The van der Waals surface area contributed by atoms with Crippen LogP contribution in [0.2, 0.25) is 0 Å². The number of carbonyl (C=O) groups excluding carboxylic acids is 1. The van der Waals surface area contributed by atoms with Crippen molar-refractivity contribution in [2.45, 2.75) is 46.0 Å². The van der Waals surface area contributed by atoms with Crippen LogP contribution in [-0.4, -0.2) is 37.0 Å². The zero-order valence-corrected chi connectivity index (χ0v) is 13.5. The molecule has 1 aromatic carbocycles. The van der Waals surface area contributed by atoms with Gasteiger partial charge in [-0.2, -0.15) is 0 Å². The molecule has 1 aromatic rings. The maximum atomic E-state index is 12.4. The van der Waals surface area contributed by atoms with E-state index in [1.807, 2.05) is 0 Å². The zero-order chi connectivity index (χ0) is 15.1. The molecular formula is C18H28N2O. The number of anilines is 1. The van der Waals surface area contributed by atoms with E-state index in [0.717, 1.165) is 26.2 Å². The lowest BCUT2D eigenvalue weighted by atomic mass is 10.2. The predicted octanol–water partition coefficient (Wildman–Crippen LogP) is 3.61. The number of rotatable bonds is 5. The quantitative estimate of drug-likeness (QED) is 0.826. The zero-order valence-electron chi connectivity index (χ0n) is 13.5. The molecule has 0 radical (unpaired) electrons. The van der Waals surface area contributed by atoms with Crippen LogP contribution in [-0.2, 0) is 4.79 Å². The summed E-state index contributed by atoms with van der Waals surface area (Å²) in [5.74, 6) is 0.322. The van der Waals surface area contributed by atoms with Crippen LogP contribution in [0.3, 0.4) is 0 Å². The summed E-state index contributed by atoms with van der Waals surface area (Å²) in [6.45, 7) is 7.93. The Balaban J connectivity index is 1.88. The molecule has 3 heteroatoms. The van der Waals surface area contributed by atoms with E-state index in [-0.39, 0.29) is 0 Å². The summed E-state index contributed by atoms with van der Waals surface area (Å²) in [6, 6.07) is 8.52. The van der Waals surface area contributed by atoms with Crippen LogP contribution < -0.4 is 4.90 Å². The van der Waals surface area contributed by atoms with Gasteiger partial charge in [0, 0.05) is 38.3 Å². The second kappa shape index (κ2) is 8.06. The summed E-state index contributed by atoms with van der Waals surface area (Å²) in [7, 11) is 0. The Morgan fingerprint density at radius 3 is 2.52 bits per heavy atom. The van der Waals surface area contributed by atoms with Crippen LogP contribution in [0.4, 0.5) is 5.69 Å². The van der Waals surface area contributed by atoms with Crippen molar-refractivity contribution >= 4 is 11.6 Å². The number of hydrogen-bond donors (Lipinski definition) is 0. The van der Waals surface area contributed by atoms with Gasteiger partial charge < -0.3 is 9.80 Å². The highest BCUT2D eigenvalue weighted by Crippen LogP contribution is 2.17. The Morgan fingerprint density at radius 1 is 1.19 bits per heavy atom. The first-order valence-corrected chi connectivity index (χ1v) is 8.30. The molecule has 0 spiro atoms. The second-order valence-corrected chi connectivity index (χ2v) is 5.96. The van der Waals surface area contributed by atoms with E-state index in [1.165, 1.54) is 36.9 Å². The summed E-state index contributed by atoms with van der Waals surface area (Å²) in [5.41, 5.74) is 2.49. The minimum atomic E-state index is 0.322. The summed E-state index contributed by atoms with van der Waals surface area (Å²) in [4.78, 5) is 16.7. The van der Waals surface area contributed by atoms with Crippen LogP contribution in [0.25, 0.3) is 0 Å². The number of hydrogen-bond acceptors (Lipinski definition) is 2. The highest BCUT2D eigenvalue weighted by molar-refractivity contribution is 5.76. The normalized spacial score (nSPS) is 15.6. The molecule has 0 bridgehead atoms. The van der Waals surface area contributed by atoms with Crippen molar-refractivity contribution in [3.05, 3.63) is 29.8 Å². The Kier molecular flexibility index (Phi) is 6.09. The molecule has 1 fully saturated rings. The van der Waals surface area contributed by atoms with Gasteiger partial charge in [-0.15, -0.1) is 0 Å². The highest BCUT2D eigenvalue weighted by Gasteiger charge is 2.16. The molecule has 1 aliphatic rings. The molecule has 0 aliphatic carbocycles. The van der Waals surface area contributed by atoms with Gasteiger partial charge in [-0.05, 0) is 44.4 Å². The standard InChI is InChI=1S/C18H28N2O/c1-3-19(17-10-8-9-16(2)15-17)14-11-18(21)20-12-6-4-5-7-13-20/h8-10,15H,3-7,11-14H2,1-2H3. The molecule has 1 heterocycles. The Bertz CT molecular complexity index is 450. The highest BCUT2D eigenvalue weighted by atomic mass is 16.2. The van der Waals surface area contributed by atoms with Crippen LogP contribution in [0.1, 0.15) is 44.6 Å². The fourth-order valence-corrected chi connectivity index (χ4v) is 3.00. The van der Waals surface area contributed by atoms with E-state index in [0.29, 0.717) is 12.3 Å². The lowest BCUT2D eigenvalue weighted by Crippen LogP contribution is -2.35. The van der Waals surface area contributed by atoms with Gasteiger partial charge in [0.2, 0.25) is 5.91 Å². The molecule has 0 atom stereocenters. The summed E-state index contributed by atoms with van der Waals surface area (Å²) in [6.07, 6.45) is 5.51. The smallest absolute Gasteiger partial charge is 0.224 e. The Labute approximate surface area is 128 Å². The molecule has 1 aliphatic heterocycles. The van der Waals surface area contributed by atoms with Gasteiger partial charge in [0.05, 0.1) is 0 Å². The maximum Gasteiger partial charge on any atom is 0.224 e. The third-order valence-corrected chi connectivity index (χ3v) is 4.30. The van der Waals surface area contributed by atoms with E-state index in [4.69, 9.17) is 0 Å². The maximum absolute atomic E-state index is 12.4. The van der Waals surface area contributed by atoms with Crippen LogP contribution in [0.5, 0.6) is 0 Å². The fourth-order valence-electron chi connectivity index (χ4n) is 3.00. The molecule has 0 aromatic heterocycles. The molecule has 3 nitrogen and oxygen atoms in total. The van der Waals surface area contributed by atoms with Gasteiger partial charge >= 0.3 is 0 Å². The third kappa shape index (κ3) is 4.76. The first-order valence-electron chi connectivity index (χ1n) is 8.30. The molecule has 1 saturated heterocycles. The number of likely N-dealkylation sites (tertiary alicyclic amines) is 1. The molecule has 0 unspecified atom stereocenters. The van der Waals surface area contributed by atoms with E-state index in [1.54, 1.807) is 0 Å². The number of benzene rings is 1. The number of carbonyl (C=O) groups is 1. The Morgan fingerprint density at radius 2 is 1.90 bits per heavy atom. The molecule has 0 saturated carbocycles. The van der Waals surface area contributed by atoms with Crippen molar-refractivity contribution in [3.63, 3.8) is 0 Å². The van der Waals surface area contributed by atoms with Crippen molar-refractivity contribution in [2.75, 3.05) is 31.1 Å². The van der Waals surface area contributed by atoms with Gasteiger partial charge in [-0.3, -0.25) is 4.79 Å². The third-order valence-electron chi connectivity index (χ3n) is 4.30. The average Bonchev–Trinajstić information content (AvgIpc) is 2.77. The molecular weight excluding hydrogens is 260 g/mol. The topological polar surface area (TPSA) is 23.6 Å². The minimum Gasteiger partial charge on any atom is -0.371 e. The monoisotopic (exact) mass is 288 g/mol. The number of nitrogens with zero attached hydrogens (tertiary/aromatic N) is 2. The van der Waals surface area contributed by atoms with Gasteiger partial charge in [0.15, 0.2) is 0 Å². The first kappa shape index (κ1) is 15.9. The number of aryl methyl sites for hydroxylation is 1. The van der Waals surface area contributed by atoms with Gasteiger partial charge in [-0.25, -0.2) is 0 Å². The fraction of sp³-hybridized carbons (Fsp3) is 0.611. The lowest BCUT2D eigenvalue weighted by molar-refractivity contribution is -0.130. The molecule has 0 N–H and O–H groups in total. The van der Waals surface area contributed by atoms with Crippen LogP contribution in [0.15, 0.2) is 24.3 Å². The largest absolute Gasteiger partial charge is 0.371 e. The van der Waals surface area contributed by atoms with Crippen LogP contribution >= 0.6 is 0 Å². The molecule has 2 rings (SSSR count). The SMILES string of the molecule is CCN(CCC(=O)N1CCCCCC1)c1cccc(C)c1. The van der Waals surface area contributed by atoms with Crippen molar-refractivity contribution in [1.29, 1.82) is 0 Å². The van der Waals surface area contributed by atoms with E-state index in [9.17, 15) is 4.79 Å². The lowest BCUT2D eigenvalue weighted by Gasteiger charge is -2.26. The first-order chi connectivity index (χ1) is 10.2. The minimum absolute atomic E-state index is 0.322. The summed E-state index contributed by atoms with van der Waals surface area (Å²) in [5, 5.41) is 0. The molecule has 116 valence electrons. The van der Waals surface area contributed by atoms with E-state index in [2.05, 4.69) is 47.9 Å². The van der Waals surface area contributed by atoms with Crippen molar-refractivity contribution in [1.82, 2.24) is 4.90 Å². The Hall–Kier alpha value is -1.51. The summed E-state index contributed by atoms with van der Waals surface area (Å²) < 4.78 is 0. The van der Waals surface area contributed by atoms with E-state index < -0.39 is 0 Å². The van der Waals surface area contributed by atoms with Gasteiger partial charge in [-0.1, -0.05) is 25.0 Å². The van der Waals surface area contributed by atoms with Gasteiger partial charge in [0.1, 0.15) is 0 Å². The van der Waals surface area contributed by atoms with Crippen molar-refractivity contribution < 1.29 is 4.79 Å². The second-order valence-electron chi connectivity index (χ2n) is 5.96. The predicted molar refractivity (Wildman–Crippen MR) is 88.7 cm³/mol. The van der Waals surface area contributed by atoms with Gasteiger partial charge in [0.25, 0.3) is 0 Å². The average molecular weight is 288 g/mol. The van der Waals surface area contributed by atoms with Crippen LogP contribution in [0, 0.1) is 6.92 Å². The number of amides is 1.